The number of carbonyl (C=O) groups excluding carboxylic acids is 1. The highest BCUT2D eigenvalue weighted by Crippen LogP contribution is 2.33. The fourth-order valence-electron chi connectivity index (χ4n) is 2.76. The van der Waals surface area contributed by atoms with E-state index in [4.69, 9.17) is 10.5 Å². The normalized spacial score (nSPS) is 20.3. The number of nitrogens with zero attached hydrogens (tertiary/aromatic N) is 2. The van der Waals surface area contributed by atoms with Crippen molar-refractivity contribution in [3.8, 4) is 5.75 Å². The minimum atomic E-state index is -3.06. The molecule has 1 aliphatic heterocycles. The minimum Gasteiger partial charge on any atom is -0.493 e. The van der Waals surface area contributed by atoms with E-state index in [9.17, 15) is 13.2 Å². The van der Waals surface area contributed by atoms with E-state index in [-0.39, 0.29) is 10.9 Å². The summed E-state index contributed by atoms with van der Waals surface area (Å²) < 4.78 is 31.7. The second kappa shape index (κ2) is 6.45. The van der Waals surface area contributed by atoms with Crippen LogP contribution in [0.25, 0.3) is 0 Å². The van der Waals surface area contributed by atoms with Gasteiger partial charge in [0.15, 0.2) is 0 Å². The van der Waals surface area contributed by atoms with Gasteiger partial charge in [-0.3, -0.25) is 9.78 Å². The zero-order valence-electron chi connectivity index (χ0n) is 12.8. The third-order valence-corrected chi connectivity index (χ3v) is 6.75. The van der Waals surface area contributed by atoms with Gasteiger partial charge < -0.3 is 10.5 Å². The van der Waals surface area contributed by atoms with E-state index in [0.717, 1.165) is 25.7 Å². The van der Waals surface area contributed by atoms with Gasteiger partial charge in [-0.1, -0.05) is 0 Å². The zero-order chi connectivity index (χ0) is 16.4. The molecule has 1 saturated carbocycles. The van der Waals surface area contributed by atoms with E-state index >= 15 is 0 Å². The van der Waals surface area contributed by atoms with E-state index in [0.29, 0.717) is 31.4 Å². The Morgan fingerprint density at radius 3 is 2.61 bits per heavy atom. The SMILES string of the molecule is NC(=O)c1cc(OCC2CCN(S(=O)(=O)C3CC3)CC2)ccn1. The zero-order valence-corrected chi connectivity index (χ0v) is 13.7. The summed E-state index contributed by atoms with van der Waals surface area (Å²) in [6, 6.07) is 3.20. The van der Waals surface area contributed by atoms with Gasteiger partial charge in [0.1, 0.15) is 11.4 Å². The summed E-state index contributed by atoms with van der Waals surface area (Å²) in [5.74, 6) is 0.279. The summed E-state index contributed by atoms with van der Waals surface area (Å²) in [7, 11) is -3.06. The number of rotatable bonds is 6. The van der Waals surface area contributed by atoms with E-state index in [1.54, 1.807) is 10.4 Å². The first-order valence-electron chi connectivity index (χ1n) is 7.84. The quantitative estimate of drug-likeness (QED) is 0.824. The average Bonchev–Trinajstić information content (AvgIpc) is 3.39. The maximum absolute atomic E-state index is 12.2. The fourth-order valence-corrected chi connectivity index (χ4v) is 4.63. The molecule has 2 aliphatic rings. The lowest BCUT2D eigenvalue weighted by atomic mass is 9.99. The minimum absolute atomic E-state index is 0.140. The third kappa shape index (κ3) is 3.81. The van der Waals surface area contributed by atoms with Crippen molar-refractivity contribution in [3.63, 3.8) is 0 Å². The second-order valence-corrected chi connectivity index (χ2v) is 8.35. The molecule has 0 radical (unpaired) electrons. The molecule has 0 spiro atoms. The molecule has 1 saturated heterocycles. The standard InChI is InChI=1S/C15H21N3O4S/c16-15(19)14-9-12(3-6-17-14)22-10-11-4-7-18(8-5-11)23(20,21)13-1-2-13/h3,6,9,11,13H,1-2,4-5,7-8,10H2,(H2,16,19). The molecule has 2 N–H and O–H groups in total. The molecule has 1 aromatic heterocycles. The maximum atomic E-state index is 12.2. The number of carbonyl (C=O) groups is 1. The Morgan fingerprint density at radius 1 is 1.30 bits per heavy atom. The lowest BCUT2D eigenvalue weighted by Gasteiger charge is -2.31. The first-order chi connectivity index (χ1) is 11.0. The molecule has 126 valence electrons. The highest BCUT2D eigenvalue weighted by molar-refractivity contribution is 7.90. The molecule has 0 aromatic carbocycles. The van der Waals surface area contributed by atoms with Gasteiger partial charge in [0.25, 0.3) is 5.91 Å². The van der Waals surface area contributed by atoms with Crippen LogP contribution in [0.5, 0.6) is 5.75 Å². The van der Waals surface area contributed by atoms with Gasteiger partial charge in [-0.15, -0.1) is 0 Å². The van der Waals surface area contributed by atoms with Crippen molar-refractivity contribution >= 4 is 15.9 Å². The van der Waals surface area contributed by atoms with Crippen molar-refractivity contribution in [3.05, 3.63) is 24.0 Å². The molecule has 2 heterocycles. The van der Waals surface area contributed by atoms with Crippen molar-refractivity contribution in [1.29, 1.82) is 0 Å². The maximum Gasteiger partial charge on any atom is 0.267 e. The van der Waals surface area contributed by atoms with Crippen LogP contribution in [0.4, 0.5) is 0 Å². The van der Waals surface area contributed by atoms with Crippen LogP contribution in [0.2, 0.25) is 0 Å². The van der Waals surface area contributed by atoms with E-state index in [2.05, 4.69) is 4.98 Å². The van der Waals surface area contributed by atoms with Gasteiger partial charge >= 0.3 is 0 Å². The highest BCUT2D eigenvalue weighted by Gasteiger charge is 2.41. The Labute approximate surface area is 135 Å². The molecular formula is C15H21N3O4S. The Morgan fingerprint density at radius 2 is 2.00 bits per heavy atom. The van der Waals surface area contributed by atoms with Crippen molar-refractivity contribution in [1.82, 2.24) is 9.29 Å². The summed E-state index contributed by atoms with van der Waals surface area (Å²) in [5.41, 5.74) is 5.36. The lowest BCUT2D eigenvalue weighted by molar-refractivity contribution is 0.0995. The highest BCUT2D eigenvalue weighted by atomic mass is 32.2. The number of ether oxygens (including phenoxy) is 1. The molecule has 23 heavy (non-hydrogen) atoms. The van der Waals surface area contributed by atoms with Crippen LogP contribution in [0.3, 0.4) is 0 Å². The molecular weight excluding hydrogens is 318 g/mol. The summed E-state index contributed by atoms with van der Waals surface area (Å²) in [5, 5.41) is -0.140. The van der Waals surface area contributed by atoms with Gasteiger partial charge in [0.2, 0.25) is 10.0 Å². The van der Waals surface area contributed by atoms with Crippen LogP contribution in [0.1, 0.15) is 36.2 Å². The number of aromatic nitrogens is 1. The van der Waals surface area contributed by atoms with E-state index in [1.165, 1.54) is 12.3 Å². The Balaban J connectivity index is 1.49. The van der Waals surface area contributed by atoms with Crippen LogP contribution >= 0.6 is 0 Å². The lowest BCUT2D eigenvalue weighted by Crippen LogP contribution is -2.41. The summed E-state index contributed by atoms with van der Waals surface area (Å²) in [4.78, 5) is 15.0. The number of piperidine rings is 1. The number of hydrogen-bond acceptors (Lipinski definition) is 5. The van der Waals surface area contributed by atoms with Crippen molar-refractivity contribution in [2.45, 2.75) is 30.9 Å². The smallest absolute Gasteiger partial charge is 0.267 e. The average molecular weight is 339 g/mol. The molecule has 1 aliphatic carbocycles. The van der Waals surface area contributed by atoms with E-state index in [1.807, 2.05) is 0 Å². The Kier molecular flexibility index (Phi) is 4.54. The fraction of sp³-hybridized carbons (Fsp3) is 0.600. The van der Waals surface area contributed by atoms with Gasteiger partial charge in [0.05, 0.1) is 11.9 Å². The van der Waals surface area contributed by atoms with Gasteiger partial charge in [-0.05, 0) is 37.7 Å². The van der Waals surface area contributed by atoms with Gasteiger partial charge in [-0.25, -0.2) is 12.7 Å². The molecule has 0 bridgehead atoms. The third-order valence-electron chi connectivity index (χ3n) is 4.35. The second-order valence-electron chi connectivity index (χ2n) is 6.14. The Hall–Kier alpha value is -1.67. The predicted molar refractivity (Wildman–Crippen MR) is 84.5 cm³/mol. The monoisotopic (exact) mass is 339 g/mol. The topological polar surface area (TPSA) is 103 Å². The van der Waals surface area contributed by atoms with Crippen molar-refractivity contribution in [2.75, 3.05) is 19.7 Å². The van der Waals surface area contributed by atoms with Crippen molar-refractivity contribution in [2.24, 2.45) is 11.7 Å². The summed E-state index contributed by atoms with van der Waals surface area (Å²) in [6.07, 6.45) is 4.67. The molecule has 0 unspecified atom stereocenters. The van der Waals surface area contributed by atoms with Gasteiger partial charge in [0, 0.05) is 25.4 Å². The van der Waals surface area contributed by atoms with Crippen LogP contribution in [-0.4, -0.2) is 48.6 Å². The molecule has 2 fully saturated rings. The molecule has 1 amide bonds. The number of nitrogens with two attached hydrogens (primary N) is 1. The number of pyridine rings is 1. The largest absolute Gasteiger partial charge is 0.493 e. The number of amides is 1. The first kappa shape index (κ1) is 16.2. The van der Waals surface area contributed by atoms with Crippen LogP contribution in [0, 0.1) is 5.92 Å². The summed E-state index contributed by atoms with van der Waals surface area (Å²) in [6.45, 7) is 1.63. The van der Waals surface area contributed by atoms with Crippen LogP contribution in [0.15, 0.2) is 18.3 Å². The van der Waals surface area contributed by atoms with Crippen LogP contribution < -0.4 is 10.5 Å². The van der Waals surface area contributed by atoms with Crippen molar-refractivity contribution < 1.29 is 17.9 Å². The van der Waals surface area contributed by atoms with Gasteiger partial charge in [-0.2, -0.15) is 0 Å². The number of hydrogen-bond donors (Lipinski definition) is 1. The molecule has 7 nitrogen and oxygen atoms in total. The molecule has 1 aromatic rings. The molecule has 0 atom stereocenters. The summed E-state index contributed by atoms with van der Waals surface area (Å²) >= 11 is 0. The Bertz CT molecular complexity index is 680. The van der Waals surface area contributed by atoms with E-state index < -0.39 is 15.9 Å². The molecule has 3 rings (SSSR count). The number of sulfonamides is 1. The van der Waals surface area contributed by atoms with Crippen LogP contribution in [-0.2, 0) is 10.0 Å². The predicted octanol–water partition coefficient (Wildman–Crippen LogP) is 0.763. The first-order valence-corrected chi connectivity index (χ1v) is 9.35. The molecule has 8 heteroatoms. The number of primary amides is 1.